The molecule has 2 amide bonds. The zero-order valence-electron chi connectivity index (χ0n) is 15.4. The Morgan fingerprint density at radius 2 is 1.70 bits per heavy atom. The Balaban J connectivity index is 1.94. The molecule has 0 radical (unpaired) electrons. The van der Waals surface area contributed by atoms with Gasteiger partial charge in [0, 0.05) is 11.3 Å². The topological polar surface area (TPSA) is 105 Å². The Morgan fingerprint density at radius 3 is 2.30 bits per heavy atom. The van der Waals surface area contributed by atoms with E-state index in [1.54, 1.807) is 25.1 Å². The molecular formula is C20H22N2O5. The summed E-state index contributed by atoms with van der Waals surface area (Å²) in [7, 11) is 0. The minimum absolute atomic E-state index is 0.296. The first-order valence-electron chi connectivity index (χ1n) is 8.44. The van der Waals surface area contributed by atoms with Crippen LogP contribution in [0.5, 0.6) is 5.75 Å². The second kappa shape index (κ2) is 8.84. The van der Waals surface area contributed by atoms with Gasteiger partial charge in [-0.15, -0.1) is 0 Å². The predicted molar refractivity (Wildman–Crippen MR) is 101 cm³/mol. The summed E-state index contributed by atoms with van der Waals surface area (Å²) in [6.07, 6.45) is -0.703. The van der Waals surface area contributed by atoms with Crippen molar-refractivity contribution >= 4 is 23.5 Å². The largest absolute Gasteiger partial charge is 0.481 e. The summed E-state index contributed by atoms with van der Waals surface area (Å²) >= 11 is 0. The molecule has 0 saturated heterocycles. The molecule has 7 nitrogen and oxygen atoms in total. The van der Waals surface area contributed by atoms with Gasteiger partial charge in [-0.05, 0) is 62.7 Å². The Labute approximate surface area is 157 Å². The number of nitrogens with one attached hydrogen (secondary N) is 2. The SMILES string of the molecule is Cc1cccc(OC(C)C(=O)Nc2ccc(C(=O)NC(C)C(=O)O)cc2)c1. The van der Waals surface area contributed by atoms with Crippen molar-refractivity contribution in [3.8, 4) is 5.75 Å². The molecule has 0 fully saturated rings. The van der Waals surface area contributed by atoms with Crippen molar-refractivity contribution in [3.63, 3.8) is 0 Å². The van der Waals surface area contributed by atoms with Crippen LogP contribution in [-0.4, -0.2) is 35.0 Å². The molecule has 27 heavy (non-hydrogen) atoms. The normalized spacial score (nSPS) is 12.6. The second-order valence-electron chi connectivity index (χ2n) is 6.18. The summed E-state index contributed by atoms with van der Waals surface area (Å²) < 4.78 is 5.63. The highest BCUT2D eigenvalue weighted by molar-refractivity contribution is 5.98. The fraction of sp³-hybridized carbons (Fsp3) is 0.250. The summed E-state index contributed by atoms with van der Waals surface area (Å²) in [5.41, 5.74) is 1.83. The highest BCUT2D eigenvalue weighted by Gasteiger charge is 2.17. The summed E-state index contributed by atoms with van der Waals surface area (Å²) in [6.45, 7) is 4.96. The number of hydrogen-bond acceptors (Lipinski definition) is 4. The molecule has 3 N–H and O–H groups in total. The molecule has 2 aromatic carbocycles. The van der Waals surface area contributed by atoms with Gasteiger partial charge in [-0.2, -0.15) is 0 Å². The lowest BCUT2D eigenvalue weighted by Gasteiger charge is -2.15. The van der Waals surface area contributed by atoms with Crippen LogP contribution >= 0.6 is 0 Å². The molecule has 2 atom stereocenters. The van der Waals surface area contributed by atoms with Crippen LogP contribution in [0, 0.1) is 6.92 Å². The van der Waals surface area contributed by atoms with Crippen molar-refractivity contribution in [3.05, 3.63) is 59.7 Å². The van der Waals surface area contributed by atoms with E-state index in [1.807, 2.05) is 25.1 Å². The third-order valence-corrected chi connectivity index (χ3v) is 3.80. The van der Waals surface area contributed by atoms with Crippen molar-refractivity contribution < 1.29 is 24.2 Å². The van der Waals surface area contributed by atoms with Gasteiger partial charge in [0.25, 0.3) is 11.8 Å². The average Bonchev–Trinajstić information content (AvgIpc) is 2.62. The maximum Gasteiger partial charge on any atom is 0.325 e. The first kappa shape index (κ1) is 20.0. The quantitative estimate of drug-likeness (QED) is 0.695. The van der Waals surface area contributed by atoms with Crippen LogP contribution < -0.4 is 15.4 Å². The molecule has 2 aromatic rings. The van der Waals surface area contributed by atoms with Crippen LogP contribution in [0.2, 0.25) is 0 Å². The summed E-state index contributed by atoms with van der Waals surface area (Å²) in [4.78, 5) is 35.0. The van der Waals surface area contributed by atoms with Gasteiger partial charge in [0.15, 0.2) is 6.10 Å². The zero-order chi connectivity index (χ0) is 20.0. The highest BCUT2D eigenvalue weighted by atomic mass is 16.5. The van der Waals surface area contributed by atoms with Gasteiger partial charge in [-0.3, -0.25) is 14.4 Å². The Morgan fingerprint density at radius 1 is 1.04 bits per heavy atom. The number of aryl methyl sites for hydroxylation is 1. The number of rotatable bonds is 7. The van der Waals surface area contributed by atoms with Crippen molar-refractivity contribution in [2.45, 2.75) is 32.9 Å². The summed E-state index contributed by atoms with van der Waals surface area (Å²) in [5.74, 6) is -1.33. The van der Waals surface area contributed by atoms with Crippen LogP contribution in [0.25, 0.3) is 0 Å². The van der Waals surface area contributed by atoms with Gasteiger partial charge < -0.3 is 20.5 Å². The van der Waals surface area contributed by atoms with E-state index in [-0.39, 0.29) is 5.91 Å². The monoisotopic (exact) mass is 370 g/mol. The number of amides is 2. The average molecular weight is 370 g/mol. The number of carbonyl (C=O) groups excluding carboxylic acids is 2. The second-order valence-corrected chi connectivity index (χ2v) is 6.18. The molecule has 0 aliphatic carbocycles. The molecule has 0 aromatic heterocycles. The lowest BCUT2D eigenvalue weighted by Crippen LogP contribution is -2.38. The van der Waals surface area contributed by atoms with Crippen LogP contribution in [0.1, 0.15) is 29.8 Å². The maximum absolute atomic E-state index is 12.3. The molecular weight excluding hydrogens is 348 g/mol. The van der Waals surface area contributed by atoms with Gasteiger partial charge in [-0.25, -0.2) is 0 Å². The van der Waals surface area contributed by atoms with E-state index in [0.717, 1.165) is 5.56 Å². The smallest absolute Gasteiger partial charge is 0.325 e. The van der Waals surface area contributed by atoms with Crippen LogP contribution in [-0.2, 0) is 9.59 Å². The maximum atomic E-state index is 12.3. The Kier molecular flexibility index (Phi) is 6.54. The van der Waals surface area contributed by atoms with E-state index in [9.17, 15) is 14.4 Å². The van der Waals surface area contributed by atoms with Crippen molar-refractivity contribution in [1.82, 2.24) is 5.32 Å². The zero-order valence-corrected chi connectivity index (χ0v) is 15.4. The minimum atomic E-state index is -1.12. The number of carboxylic acids is 1. The minimum Gasteiger partial charge on any atom is -0.481 e. The first-order chi connectivity index (χ1) is 12.8. The summed E-state index contributed by atoms with van der Waals surface area (Å²) in [5, 5.41) is 13.9. The Hall–Kier alpha value is -3.35. The molecule has 0 spiro atoms. The molecule has 0 bridgehead atoms. The number of benzene rings is 2. The highest BCUT2D eigenvalue weighted by Crippen LogP contribution is 2.15. The van der Waals surface area contributed by atoms with Crippen LogP contribution in [0.4, 0.5) is 5.69 Å². The number of carboxylic acid groups (broad SMARTS) is 1. The van der Waals surface area contributed by atoms with Crippen LogP contribution in [0.15, 0.2) is 48.5 Å². The molecule has 2 unspecified atom stereocenters. The van der Waals surface area contributed by atoms with Gasteiger partial charge in [0.05, 0.1) is 0 Å². The van der Waals surface area contributed by atoms with Crippen molar-refractivity contribution in [2.75, 3.05) is 5.32 Å². The van der Waals surface area contributed by atoms with Crippen molar-refractivity contribution in [1.29, 1.82) is 0 Å². The molecule has 0 aliphatic rings. The number of hydrogen-bond donors (Lipinski definition) is 3. The van der Waals surface area contributed by atoms with Gasteiger partial charge >= 0.3 is 5.97 Å². The molecule has 0 aliphatic heterocycles. The standard InChI is InChI=1S/C20H22N2O5/c1-12-5-4-6-17(11-12)27-14(3)18(23)22-16-9-7-15(8-10-16)19(24)21-13(2)20(25)26/h4-11,13-14H,1-3H3,(H,21,24)(H,22,23)(H,25,26). The predicted octanol–water partition coefficient (Wildman–Crippen LogP) is 2.60. The first-order valence-corrected chi connectivity index (χ1v) is 8.44. The molecule has 0 heterocycles. The fourth-order valence-corrected chi connectivity index (χ4v) is 2.24. The van der Waals surface area contributed by atoms with E-state index >= 15 is 0 Å². The van der Waals surface area contributed by atoms with Gasteiger partial charge in [0.1, 0.15) is 11.8 Å². The molecule has 142 valence electrons. The lowest BCUT2D eigenvalue weighted by atomic mass is 10.1. The van der Waals surface area contributed by atoms with E-state index < -0.39 is 24.0 Å². The Bertz CT molecular complexity index is 833. The van der Waals surface area contributed by atoms with Crippen molar-refractivity contribution in [2.24, 2.45) is 0 Å². The summed E-state index contributed by atoms with van der Waals surface area (Å²) in [6, 6.07) is 12.6. The molecule has 7 heteroatoms. The van der Waals surface area contributed by atoms with E-state index in [2.05, 4.69) is 10.6 Å². The number of aliphatic carboxylic acids is 1. The number of anilines is 1. The molecule has 0 saturated carbocycles. The van der Waals surface area contributed by atoms with Crippen LogP contribution in [0.3, 0.4) is 0 Å². The van der Waals surface area contributed by atoms with E-state index in [1.165, 1.54) is 19.1 Å². The number of ether oxygens (including phenoxy) is 1. The number of carbonyl (C=O) groups is 3. The van der Waals surface area contributed by atoms with Gasteiger partial charge in [-0.1, -0.05) is 12.1 Å². The fourth-order valence-electron chi connectivity index (χ4n) is 2.24. The lowest BCUT2D eigenvalue weighted by molar-refractivity contribution is -0.138. The molecule has 2 rings (SSSR count). The third-order valence-electron chi connectivity index (χ3n) is 3.80. The van der Waals surface area contributed by atoms with E-state index in [4.69, 9.17) is 9.84 Å². The van der Waals surface area contributed by atoms with Gasteiger partial charge in [0.2, 0.25) is 0 Å². The third kappa shape index (κ3) is 5.85. The van der Waals surface area contributed by atoms with E-state index in [0.29, 0.717) is 17.0 Å².